The number of rotatable bonds is 5. The molecule has 1 aliphatic carbocycles. The molecular formula is C24H27FN4O2. The Labute approximate surface area is 180 Å². The highest BCUT2D eigenvalue weighted by Crippen LogP contribution is 2.56. The fourth-order valence-corrected chi connectivity index (χ4v) is 5.02. The Morgan fingerprint density at radius 2 is 2.06 bits per heavy atom. The Kier molecular flexibility index (Phi) is 4.93. The average Bonchev–Trinajstić information content (AvgIpc) is 3.34. The number of benzene rings is 1. The number of aliphatic hydroxyl groups is 1. The molecule has 1 aromatic carbocycles. The number of halogens is 1. The van der Waals surface area contributed by atoms with Crippen molar-refractivity contribution in [3.8, 4) is 0 Å². The van der Waals surface area contributed by atoms with Crippen molar-refractivity contribution in [1.29, 1.82) is 0 Å². The van der Waals surface area contributed by atoms with E-state index < -0.39 is 12.1 Å². The zero-order chi connectivity index (χ0) is 21.6. The minimum Gasteiger partial charge on any atom is -0.386 e. The zero-order valence-electron chi connectivity index (χ0n) is 17.5. The van der Waals surface area contributed by atoms with E-state index in [4.69, 9.17) is 0 Å². The Balaban J connectivity index is 1.27. The first-order chi connectivity index (χ1) is 15.0. The second-order valence-electron chi connectivity index (χ2n) is 8.99. The molecule has 1 aliphatic heterocycles. The standard InChI is InChI=1S/C24H27FN4O2/c1-15(21(30)16-2-4-17(25)5-3-16)28-23(31)19-8-13-29(14-24(19)9-10-24)20-7-12-27-22-18(20)6-11-26-22/h2-7,11-12,15,19,21,30H,8-10,13-14H2,1H3,(H,26,27)(H,28,31)/t15-,19+,21-/m0/s1. The zero-order valence-corrected chi connectivity index (χ0v) is 17.5. The van der Waals surface area contributed by atoms with E-state index in [9.17, 15) is 14.3 Å². The van der Waals surface area contributed by atoms with Gasteiger partial charge in [-0.1, -0.05) is 12.1 Å². The number of aliphatic hydroxyl groups excluding tert-OH is 1. The first-order valence-corrected chi connectivity index (χ1v) is 10.9. The molecule has 2 aliphatic rings. The second-order valence-corrected chi connectivity index (χ2v) is 8.99. The number of hydrogen-bond acceptors (Lipinski definition) is 4. The molecule has 1 saturated carbocycles. The van der Waals surface area contributed by atoms with Crippen molar-refractivity contribution in [3.63, 3.8) is 0 Å². The molecule has 3 aromatic rings. The van der Waals surface area contributed by atoms with Gasteiger partial charge in [0.15, 0.2) is 0 Å². The topological polar surface area (TPSA) is 81.2 Å². The number of piperidine rings is 1. The normalized spacial score (nSPS) is 21.8. The van der Waals surface area contributed by atoms with Gasteiger partial charge < -0.3 is 20.3 Å². The number of amides is 1. The molecule has 162 valence electrons. The lowest BCUT2D eigenvalue weighted by molar-refractivity contribution is -0.129. The van der Waals surface area contributed by atoms with Gasteiger partial charge in [0, 0.05) is 42.5 Å². The third-order valence-electron chi connectivity index (χ3n) is 6.97. The molecule has 31 heavy (non-hydrogen) atoms. The second kappa shape index (κ2) is 7.64. The van der Waals surface area contributed by atoms with Gasteiger partial charge in [-0.05, 0) is 61.4 Å². The third-order valence-corrected chi connectivity index (χ3v) is 6.97. The molecule has 6 nitrogen and oxygen atoms in total. The van der Waals surface area contributed by atoms with Crippen molar-refractivity contribution in [2.24, 2.45) is 11.3 Å². The summed E-state index contributed by atoms with van der Waals surface area (Å²) in [6.07, 6.45) is 5.71. The monoisotopic (exact) mass is 422 g/mol. The number of anilines is 1. The molecule has 2 aromatic heterocycles. The summed E-state index contributed by atoms with van der Waals surface area (Å²) in [6, 6.07) is 9.40. The van der Waals surface area contributed by atoms with Gasteiger partial charge in [-0.2, -0.15) is 0 Å². The highest BCUT2D eigenvalue weighted by atomic mass is 19.1. The minimum atomic E-state index is -0.876. The smallest absolute Gasteiger partial charge is 0.224 e. The number of aromatic nitrogens is 2. The van der Waals surface area contributed by atoms with E-state index in [0.29, 0.717) is 5.56 Å². The van der Waals surface area contributed by atoms with Gasteiger partial charge in [0.25, 0.3) is 0 Å². The number of carbonyl (C=O) groups excluding carboxylic acids is 1. The van der Waals surface area contributed by atoms with E-state index in [2.05, 4.69) is 26.3 Å². The summed E-state index contributed by atoms with van der Waals surface area (Å²) in [5.74, 6) is -0.399. The lowest BCUT2D eigenvalue weighted by Gasteiger charge is -2.40. The molecule has 1 spiro atoms. The molecule has 0 radical (unpaired) electrons. The van der Waals surface area contributed by atoms with Crippen LogP contribution in [-0.2, 0) is 4.79 Å². The molecule has 3 atom stereocenters. The average molecular weight is 423 g/mol. The van der Waals surface area contributed by atoms with Crippen LogP contribution in [-0.4, -0.2) is 40.1 Å². The van der Waals surface area contributed by atoms with E-state index in [1.165, 1.54) is 12.1 Å². The maximum Gasteiger partial charge on any atom is 0.224 e. The fraction of sp³-hybridized carbons (Fsp3) is 0.417. The number of aromatic amines is 1. The van der Waals surface area contributed by atoms with Crippen molar-refractivity contribution in [2.75, 3.05) is 18.0 Å². The molecule has 1 saturated heterocycles. The van der Waals surface area contributed by atoms with Crippen molar-refractivity contribution in [3.05, 3.63) is 60.2 Å². The number of fused-ring (bicyclic) bond motifs is 1. The largest absolute Gasteiger partial charge is 0.386 e. The van der Waals surface area contributed by atoms with Gasteiger partial charge in [0.2, 0.25) is 5.91 Å². The van der Waals surface area contributed by atoms with Crippen LogP contribution in [0, 0.1) is 17.2 Å². The molecule has 0 unspecified atom stereocenters. The quantitative estimate of drug-likeness (QED) is 0.587. The van der Waals surface area contributed by atoms with Crippen LogP contribution in [0.25, 0.3) is 11.0 Å². The van der Waals surface area contributed by atoms with Crippen LogP contribution in [0.4, 0.5) is 10.1 Å². The summed E-state index contributed by atoms with van der Waals surface area (Å²) in [4.78, 5) is 23.1. The van der Waals surface area contributed by atoms with Gasteiger partial charge in [-0.25, -0.2) is 9.37 Å². The maximum absolute atomic E-state index is 13.2. The number of H-pyrrole nitrogens is 1. The van der Waals surface area contributed by atoms with Gasteiger partial charge in [-0.3, -0.25) is 4.79 Å². The lowest BCUT2D eigenvalue weighted by atomic mass is 9.81. The molecule has 0 bridgehead atoms. The number of hydrogen-bond donors (Lipinski definition) is 3. The van der Waals surface area contributed by atoms with Crippen LogP contribution in [0.15, 0.2) is 48.8 Å². The summed E-state index contributed by atoms with van der Waals surface area (Å²) in [7, 11) is 0. The summed E-state index contributed by atoms with van der Waals surface area (Å²) in [5.41, 5.74) is 2.63. The van der Waals surface area contributed by atoms with Gasteiger partial charge in [-0.15, -0.1) is 0 Å². The first-order valence-electron chi connectivity index (χ1n) is 10.9. The van der Waals surface area contributed by atoms with E-state index >= 15 is 0 Å². The number of pyridine rings is 1. The number of nitrogens with zero attached hydrogens (tertiary/aromatic N) is 2. The van der Waals surface area contributed by atoms with Crippen LogP contribution in [0.2, 0.25) is 0 Å². The number of carbonyl (C=O) groups is 1. The van der Waals surface area contributed by atoms with E-state index in [1.54, 1.807) is 19.1 Å². The molecule has 7 heteroatoms. The summed E-state index contributed by atoms with van der Waals surface area (Å²) in [5, 5.41) is 14.7. The van der Waals surface area contributed by atoms with Crippen LogP contribution in [0.3, 0.4) is 0 Å². The summed E-state index contributed by atoms with van der Waals surface area (Å²) >= 11 is 0. The van der Waals surface area contributed by atoms with Crippen LogP contribution < -0.4 is 10.2 Å². The van der Waals surface area contributed by atoms with Crippen LogP contribution in [0.1, 0.15) is 37.9 Å². The van der Waals surface area contributed by atoms with Crippen molar-refractivity contribution in [1.82, 2.24) is 15.3 Å². The third kappa shape index (κ3) is 3.67. The Bertz CT molecular complexity index is 1090. The Morgan fingerprint density at radius 1 is 1.29 bits per heavy atom. The van der Waals surface area contributed by atoms with Crippen molar-refractivity contribution < 1.29 is 14.3 Å². The molecule has 5 rings (SSSR count). The minimum absolute atomic E-state index is 0.00518. The Morgan fingerprint density at radius 3 is 2.81 bits per heavy atom. The molecule has 1 amide bonds. The fourth-order valence-electron chi connectivity index (χ4n) is 5.02. The molecule has 3 N–H and O–H groups in total. The molecule has 3 heterocycles. The van der Waals surface area contributed by atoms with Gasteiger partial charge in [0.05, 0.1) is 12.1 Å². The van der Waals surface area contributed by atoms with E-state index in [-0.39, 0.29) is 23.1 Å². The van der Waals surface area contributed by atoms with Crippen LogP contribution >= 0.6 is 0 Å². The SMILES string of the molecule is C[C@H](NC(=O)[C@H]1CCN(c2ccnc3[nH]ccc23)CC12CC2)[C@H](O)c1ccc(F)cc1. The number of nitrogens with one attached hydrogen (secondary N) is 2. The van der Waals surface area contributed by atoms with Crippen molar-refractivity contribution >= 4 is 22.6 Å². The van der Waals surface area contributed by atoms with Gasteiger partial charge in [0.1, 0.15) is 11.5 Å². The highest BCUT2D eigenvalue weighted by Gasteiger charge is 2.55. The lowest BCUT2D eigenvalue weighted by Crippen LogP contribution is -2.50. The highest BCUT2D eigenvalue weighted by molar-refractivity contribution is 5.90. The first kappa shape index (κ1) is 20.0. The predicted molar refractivity (Wildman–Crippen MR) is 117 cm³/mol. The maximum atomic E-state index is 13.2. The van der Waals surface area contributed by atoms with E-state index in [0.717, 1.165) is 49.1 Å². The van der Waals surface area contributed by atoms with E-state index in [1.807, 2.05) is 18.5 Å². The Hall–Kier alpha value is -2.93. The summed E-state index contributed by atoms with van der Waals surface area (Å²) < 4.78 is 13.2. The van der Waals surface area contributed by atoms with Crippen molar-refractivity contribution in [2.45, 2.75) is 38.3 Å². The predicted octanol–water partition coefficient (Wildman–Crippen LogP) is 3.55. The molecular weight excluding hydrogens is 395 g/mol. The van der Waals surface area contributed by atoms with Crippen LogP contribution in [0.5, 0.6) is 0 Å². The van der Waals surface area contributed by atoms with Gasteiger partial charge >= 0.3 is 0 Å². The molecule has 2 fully saturated rings. The summed E-state index contributed by atoms with van der Waals surface area (Å²) in [6.45, 7) is 3.45.